The molecule has 0 bridgehead atoms. The number of carbonyl (C=O) groups is 2. The van der Waals surface area contributed by atoms with Crippen molar-refractivity contribution < 1.29 is 19.8 Å². The van der Waals surface area contributed by atoms with Crippen molar-refractivity contribution in [1.29, 1.82) is 0 Å². The monoisotopic (exact) mass is 694 g/mol. The van der Waals surface area contributed by atoms with E-state index in [2.05, 4.69) is 34.6 Å². The normalized spacial score (nSPS) is 9.67. The molecule has 4 nitrogen and oxygen atoms in total. The summed E-state index contributed by atoms with van der Waals surface area (Å²) in [7, 11) is 0. The third-order valence-corrected chi connectivity index (χ3v) is 6.76. The Bertz CT molecular complexity index is 655. The Morgan fingerprint density at radius 1 is 0.595 bits per heavy atom. The molecule has 0 aliphatic heterocycles. The number of carboxylic acid groups (broad SMARTS) is 2. The smallest absolute Gasteiger partial charge is 0.550 e. The number of unbranched alkanes of at least 4 members (excludes halogenated alkanes) is 18. The average molecular weight is 694 g/mol. The van der Waals surface area contributed by atoms with Gasteiger partial charge in [-0.05, 0) is 36.5 Å². The fourth-order valence-corrected chi connectivity index (χ4v) is 3.91. The minimum absolute atomic E-state index is 0. The Balaban J connectivity index is -0.000000297. The minimum Gasteiger partial charge on any atom is -0.550 e. The van der Waals surface area contributed by atoms with Gasteiger partial charge < -0.3 is 19.8 Å². The summed E-state index contributed by atoms with van der Waals surface area (Å²) < 4.78 is 0. The van der Waals surface area contributed by atoms with Crippen LogP contribution in [0.5, 0.6) is 0 Å². The van der Waals surface area contributed by atoms with Gasteiger partial charge in [0, 0.05) is 5.97 Å². The minimum atomic E-state index is -1.11. The van der Waals surface area contributed by atoms with Crippen LogP contribution >= 0.6 is 0 Å². The van der Waals surface area contributed by atoms with E-state index in [1.807, 2.05) is 13.0 Å². The summed E-state index contributed by atoms with van der Waals surface area (Å²) in [5.74, 6) is -2.01. The van der Waals surface area contributed by atoms with Crippen LogP contribution in [0, 0.1) is 13.8 Å². The van der Waals surface area contributed by atoms with E-state index in [1.165, 1.54) is 115 Å². The van der Waals surface area contributed by atoms with E-state index in [1.54, 1.807) is 12.1 Å². The molecule has 0 aromatic heterocycles. The third kappa shape index (κ3) is 43.4. The maximum Gasteiger partial charge on any atom is 2.00 e. The van der Waals surface area contributed by atoms with Crippen LogP contribution in [0.3, 0.4) is 0 Å². The zero-order valence-corrected chi connectivity index (χ0v) is 31.0. The molecule has 4 radical (unpaired) electrons. The summed E-state index contributed by atoms with van der Waals surface area (Å²) in [4.78, 5) is 20.6. The number of benzene rings is 1. The van der Waals surface area contributed by atoms with Crippen molar-refractivity contribution in [3.05, 3.63) is 49.2 Å². The van der Waals surface area contributed by atoms with E-state index in [4.69, 9.17) is 0 Å². The van der Waals surface area contributed by atoms with Crippen LogP contribution in [0.1, 0.15) is 185 Å². The van der Waals surface area contributed by atoms with E-state index in [-0.39, 0.29) is 35.9 Å². The van der Waals surface area contributed by atoms with Gasteiger partial charge in [0.2, 0.25) is 0 Å². The van der Waals surface area contributed by atoms with Crippen molar-refractivity contribution in [2.24, 2.45) is 0 Å². The summed E-state index contributed by atoms with van der Waals surface area (Å²) in [6.07, 6.45) is 28.2. The molecular formula is C37H66O4Sn. The number of rotatable bonds is 22. The molecule has 0 amide bonds. The van der Waals surface area contributed by atoms with Crippen LogP contribution in [-0.2, 0) is 11.2 Å². The molecule has 0 atom stereocenters. The van der Waals surface area contributed by atoms with Crippen molar-refractivity contribution in [1.82, 2.24) is 0 Å². The second-order valence-corrected chi connectivity index (χ2v) is 10.8. The van der Waals surface area contributed by atoms with Crippen LogP contribution in [-0.4, -0.2) is 35.8 Å². The maximum absolute atomic E-state index is 10.4. The Morgan fingerprint density at radius 2 is 0.952 bits per heavy atom. The van der Waals surface area contributed by atoms with E-state index < -0.39 is 11.9 Å². The van der Waals surface area contributed by atoms with Crippen LogP contribution in [0.15, 0.2) is 24.3 Å². The number of aryl methyl sites for hydroxylation is 1. The number of aromatic carboxylic acids is 1. The fraction of sp³-hybridized carbons (Fsp3) is 0.730. The van der Waals surface area contributed by atoms with Crippen molar-refractivity contribution in [2.75, 3.05) is 0 Å². The standard InChI is InChI=1S/C20H40O2.C9H10O2.2C4H9.Sn/c1-2-3-4-5-6-7-8-9-10-11-12-13-14-15-16-17-18-19-20(21)22;1-2-7-4-3-5-8(6-7)9(10)11;2*1-3-4-2;/h2-19H2,1H3,(H,21,22);3-6H,2H2,1H3,(H,10,11);2*1,3-4H2,2H3;/q;;;;+2/p-2. The van der Waals surface area contributed by atoms with Gasteiger partial charge in [0.15, 0.2) is 0 Å². The molecular weight excluding hydrogens is 627 g/mol. The molecule has 0 fully saturated rings. The molecule has 242 valence electrons. The largest absolute Gasteiger partial charge is 2.00 e. The van der Waals surface area contributed by atoms with Gasteiger partial charge >= 0.3 is 23.9 Å². The zero-order chi connectivity index (χ0) is 31.4. The topological polar surface area (TPSA) is 80.3 Å². The Morgan fingerprint density at radius 3 is 1.24 bits per heavy atom. The summed E-state index contributed by atoms with van der Waals surface area (Å²) in [6.45, 7) is 15.7. The SMILES string of the molecule is CCCCCCCCCCCCCCCCCCCC(=O)[O-].CCc1cccc(C(=O)[O-])c1.[CH2]CCC.[CH2]CCC.[Sn+2]. The Hall–Kier alpha value is -1.04. The molecule has 1 aromatic carbocycles. The molecule has 0 unspecified atom stereocenters. The number of carbonyl (C=O) groups excluding carboxylic acids is 2. The molecule has 0 aliphatic rings. The van der Waals surface area contributed by atoms with Gasteiger partial charge in [-0.15, -0.1) is 0 Å². The van der Waals surface area contributed by atoms with Crippen molar-refractivity contribution in [2.45, 2.75) is 175 Å². The maximum atomic E-state index is 10.4. The molecule has 0 saturated heterocycles. The van der Waals surface area contributed by atoms with Gasteiger partial charge in [0.05, 0.1) is 5.97 Å². The van der Waals surface area contributed by atoms with Gasteiger partial charge in [-0.25, -0.2) is 0 Å². The second kappa shape index (κ2) is 42.1. The van der Waals surface area contributed by atoms with E-state index in [0.29, 0.717) is 0 Å². The first-order chi connectivity index (χ1) is 19.8. The Kier molecular flexibility index (Phi) is 48.0. The quantitative estimate of drug-likeness (QED) is 0.0896. The fourth-order valence-electron chi connectivity index (χ4n) is 3.91. The van der Waals surface area contributed by atoms with Gasteiger partial charge in [0.25, 0.3) is 0 Å². The van der Waals surface area contributed by atoms with Crippen molar-refractivity contribution in [3.8, 4) is 0 Å². The average Bonchev–Trinajstić information content (AvgIpc) is 2.99. The predicted octanol–water partition coefficient (Wildman–Crippen LogP) is 9.25. The molecule has 0 heterocycles. The first-order valence-electron chi connectivity index (χ1n) is 16.9. The third-order valence-electron chi connectivity index (χ3n) is 6.76. The number of carboxylic acids is 2. The molecule has 0 spiro atoms. The first kappa shape index (κ1) is 47.9. The molecule has 0 N–H and O–H groups in total. The molecule has 1 rings (SSSR count). The summed E-state index contributed by atoms with van der Waals surface area (Å²) in [5.41, 5.74) is 1.27. The van der Waals surface area contributed by atoms with E-state index in [0.717, 1.165) is 37.7 Å². The summed E-state index contributed by atoms with van der Waals surface area (Å²) in [5, 5.41) is 20.6. The van der Waals surface area contributed by atoms with Crippen LogP contribution in [0.2, 0.25) is 0 Å². The van der Waals surface area contributed by atoms with Gasteiger partial charge in [-0.1, -0.05) is 188 Å². The summed E-state index contributed by atoms with van der Waals surface area (Å²) in [6, 6.07) is 6.79. The van der Waals surface area contributed by atoms with Crippen molar-refractivity contribution >= 4 is 35.8 Å². The van der Waals surface area contributed by atoms with Gasteiger partial charge in [-0.3, -0.25) is 0 Å². The molecule has 42 heavy (non-hydrogen) atoms. The number of hydrogen-bond donors (Lipinski definition) is 0. The Labute approximate surface area is 279 Å². The van der Waals surface area contributed by atoms with Gasteiger partial charge in [0.1, 0.15) is 0 Å². The molecule has 0 aliphatic carbocycles. The molecule has 0 saturated carbocycles. The van der Waals surface area contributed by atoms with Crippen molar-refractivity contribution in [3.63, 3.8) is 0 Å². The molecule has 1 aromatic rings. The first-order valence-corrected chi connectivity index (χ1v) is 16.9. The van der Waals surface area contributed by atoms with Gasteiger partial charge in [-0.2, -0.15) is 0 Å². The van der Waals surface area contributed by atoms with Crippen LogP contribution < -0.4 is 10.2 Å². The zero-order valence-electron chi connectivity index (χ0n) is 28.1. The van der Waals surface area contributed by atoms with E-state index in [9.17, 15) is 19.8 Å². The summed E-state index contributed by atoms with van der Waals surface area (Å²) >= 11 is 0. The molecule has 5 heteroatoms. The second-order valence-electron chi connectivity index (χ2n) is 10.8. The van der Waals surface area contributed by atoms with Crippen LogP contribution in [0.25, 0.3) is 0 Å². The predicted molar refractivity (Wildman–Crippen MR) is 180 cm³/mol. The number of aliphatic carboxylic acids is 1. The van der Waals surface area contributed by atoms with Crippen LogP contribution in [0.4, 0.5) is 0 Å². The van der Waals surface area contributed by atoms with E-state index >= 15 is 0 Å². The number of hydrogen-bond acceptors (Lipinski definition) is 4.